The Hall–Kier alpha value is -1.14. The van der Waals surface area contributed by atoms with Gasteiger partial charge in [-0.15, -0.1) is 0 Å². The Morgan fingerprint density at radius 2 is 0.512 bits per heavy atom. The van der Waals surface area contributed by atoms with Crippen LogP contribution in [0.25, 0.3) is 0 Å². The molecule has 0 saturated carbocycles. The maximum atomic E-state index is 6.57. The molecule has 3 aliphatic heterocycles. The molecule has 3 rings (SSSR count). The highest BCUT2D eigenvalue weighted by molar-refractivity contribution is 7.46. The van der Waals surface area contributed by atoms with Crippen molar-refractivity contribution >= 4 is 43.5 Å². The Morgan fingerprint density at radius 1 is 0.287 bits per heavy atom. The lowest BCUT2D eigenvalue weighted by Crippen LogP contribution is -2.32. The van der Waals surface area contributed by atoms with E-state index in [0.717, 1.165) is 83.2 Å². The summed E-state index contributed by atoms with van der Waals surface area (Å²) in [6.07, 6.45) is 47.5. The summed E-state index contributed by atoms with van der Waals surface area (Å²) in [5.41, 5.74) is 0. The van der Waals surface area contributed by atoms with E-state index in [9.17, 15) is 0 Å². The van der Waals surface area contributed by atoms with Crippen LogP contribution in [0.3, 0.4) is 0 Å². The van der Waals surface area contributed by atoms with Crippen molar-refractivity contribution < 1.29 is 27.1 Å². The summed E-state index contributed by atoms with van der Waals surface area (Å²) in [5, 5.41) is 0. The van der Waals surface area contributed by atoms with Gasteiger partial charge >= 0.3 is 25.6 Å². The lowest BCUT2D eigenvalue weighted by atomic mass is 10.1. The molecule has 3 atom stereocenters. The van der Waals surface area contributed by atoms with E-state index in [1.54, 1.807) is 7.11 Å². The van der Waals surface area contributed by atoms with Crippen LogP contribution in [0.15, 0.2) is 14.3 Å². The predicted octanol–water partition coefficient (Wildman–Crippen LogP) is 17.7. The number of nitrogens with zero attached hydrogens (tertiary/aromatic N) is 9. The third-order valence-corrected chi connectivity index (χ3v) is 19.2. The van der Waals surface area contributed by atoms with Crippen molar-refractivity contribution in [2.75, 3.05) is 120 Å². The molecule has 3 aliphatic rings. The zero-order valence-electron chi connectivity index (χ0n) is 53.4. The molecule has 0 spiro atoms. The fraction of sp³-hybridized carbons (Fsp3) is 0.952. The zero-order valence-corrected chi connectivity index (χ0v) is 56.1. The Balaban J connectivity index is 1.58. The third-order valence-electron chi connectivity index (χ3n) is 15.8. The molecule has 470 valence electrons. The normalized spacial score (nSPS) is 17.8. The molecule has 0 bridgehead atoms. The average molecular weight is 1190 g/mol. The first-order valence-electron chi connectivity index (χ1n) is 33.6. The van der Waals surface area contributed by atoms with E-state index >= 15 is 0 Å². The number of likely N-dealkylation sites (N-methyl/N-ethyl adjacent to an activating group) is 3. The summed E-state index contributed by atoms with van der Waals surface area (Å²) in [4.78, 5) is 14.1. The zero-order chi connectivity index (χ0) is 57.4. The van der Waals surface area contributed by atoms with Crippen molar-refractivity contribution in [3.8, 4) is 0 Å². The van der Waals surface area contributed by atoms with Crippen LogP contribution in [0.1, 0.15) is 265 Å². The van der Waals surface area contributed by atoms with Gasteiger partial charge in [0.05, 0.1) is 33.0 Å². The van der Waals surface area contributed by atoms with E-state index < -0.39 is 25.6 Å². The fourth-order valence-corrected chi connectivity index (χ4v) is 14.0. The second-order valence-corrected chi connectivity index (χ2v) is 26.8. The smallest absolute Gasteiger partial charge is 0.313 e. The van der Waals surface area contributed by atoms with Gasteiger partial charge in [-0.2, -0.15) is 14.3 Å². The Kier molecular flexibility index (Phi) is 46.7. The van der Waals surface area contributed by atoms with E-state index in [4.69, 9.17) is 41.4 Å². The molecule has 0 radical (unpaired) electrons. The van der Waals surface area contributed by atoms with Gasteiger partial charge < -0.3 is 56.5 Å². The van der Waals surface area contributed by atoms with Crippen LogP contribution in [0.5, 0.6) is 0 Å². The van der Waals surface area contributed by atoms with Crippen LogP contribution in [0, 0.1) is 0 Å². The van der Waals surface area contributed by atoms with E-state index in [2.05, 4.69) is 78.2 Å². The highest BCUT2D eigenvalue weighted by Crippen LogP contribution is 2.44. The van der Waals surface area contributed by atoms with Crippen molar-refractivity contribution in [1.82, 2.24) is 29.4 Å². The monoisotopic (exact) mass is 1190 g/mol. The van der Waals surface area contributed by atoms with Crippen LogP contribution in [-0.4, -0.2) is 167 Å². The van der Waals surface area contributed by atoms with E-state index in [0.29, 0.717) is 45.9 Å². The number of rotatable bonds is 56. The van der Waals surface area contributed by atoms with Crippen molar-refractivity contribution in [2.24, 2.45) is 14.3 Å². The molecule has 80 heavy (non-hydrogen) atoms. The summed E-state index contributed by atoms with van der Waals surface area (Å²) in [7, 11) is 3.71. The van der Waals surface area contributed by atoms with Gasteiger partial charge in [-0.1, -0.05) is 227 Å². The van der Waals surface area contributed by atoms with Gasteiger partial charge in [-0.3, -0.25) is 0 Å². The average Bonchev–Trinajstić information content (AvgIpc) is 4.12. The van der Waals surface area contributed by atoms with Gasteiger partial charge in [0.25, 0.3) is 0 Å². The molecule has 3 heterocycles. The molecule has 15 nitrogen and oxygen atoms in total. The van der Waals surface area contributed by atoms with Crippen LogP contribution >= 0.6 is 25.6 Å². The first-order valence-corrected chi connectivity index (χ1v) is 37.0. The first kappa shape index (κ1) is 73.1. The summed E-state index contributed by atoms with van der Waals surface area (Å²) < 4.78 is 53.7. The molecular formula is C62H126N9O6P3. The minimum absolute atomic E-state index is 0.466. The number of hydrogen-bond donors (Lipinski definition) is 0. The van der Waals surface area contributed by atoms with Crippen LogP contribution in [0.2, 0.25) is 0 Å². The minimum Gasteiger partial charge on any atom is -0.344 e. The maximum Gasteiger partial charge on any atom is 0.313 e. The van der Waals surface area contributed by atoms with Gasteiger partial charge in [0.1, 0.15) is 0 Å². The van der Waals surface area contributed by atoms with Crippen molar-refractivity contribution in [3.63, 3.8) is 0 Å². The highest BCUT2D eigenvalue weighted by Gasteiger charge is 2.29. The summed E-state index contributed by atoms with van der Waals surface area (Å²) in [6.45, 7) is 20.7. The number of unbranched alkanes of at least 4 members (excludes halogenated alkanes) is 31. The molecule has 3 unspecified atom stereocenters. The van der Waals surface area contributed by atoms with Gasteiger partial charge in [-0.05, 0) is 38.5 Å². The van der Waals surface area contributed by atoms with Crippen molar-refractivity contribution in [1.29, 1.82) is 0 Å². The summed E-state index contributed by atoms with van der Waals surface area (Å²) in [6, 6.07) is 0. The molecule has 3 fully saturated rings. The fourth-order valence-electron chi connectivity index (χ4n) is 10.6. The van der Waals surface area contributed by atoms with Crippen LogP contribution < -0.4 is 0 Å². The van der Waals surface area contributed by atoms with E-state index in [1.165, 1.54) is 218 Å². The SMILES string of the molecule is CCCCCCCCCCCCN1CCN(C)C1=NP(OCCCCCCC)OCCCOP(N=C1N(C)CCN1CCCCCCCCCCCC)OCCCOP(/N=C1/N(C)CCN1CCCCCCCCCCCC)OC. The second-order valence-electron chi connectivity index (χ2n) is 23.2. The summed E-state index contributed by atoms with van der Waals surface area (Å²) >= 11 is 0. The molecule has 0 aromatic rings. The first-order chi connectivity index (χ1) is 39.3. The predicted molar refractivity (Wildman–Crippen MR) is 346 cm³/mol. The molecule has 0 amide bonds. The molecule has 0 aliphatic carbocycles. The lowest BCUT2D eigenvalue weighted by Gasteiger charge is -2.23. The maximum absolute atomic E-state index is 6.57. The van der Waals surface area contributed by atoms with Crippen molar-refractivity contribution in [2.45, 2.75) is 265 Å². The number of hydrogen-bond acceptors (Lipinski definition) is 9. The number of guanidine groups is 3. The molecule has 3 saturated heterocycles. The third kappa shape index (κ3) is 35.3. The standard InChI is InChI=1S/C62H126N9O6P3/c1-9-13-17-21-24-27-30-33-36-40-46-69-52-49-66(5)60(69)63-78(72-8)73-56-44-57-76-80(65-62-68(7)51-54-71(62)48-42-38-35-32-29-26-23-19-15-11-3)77-59-45-58-75-79(74-55-43-39-20-16-12-4)64-61-67(6)50-53-70(61)47-41-37-34-31-28-25-22-18-14-10-2/h9-59H2,1-8H3/b63-60-,64-61?,65-62?. The van der Waals surface area contributed by atoms with Crippen molar-refractivity contribution in [3.05, 3.63) is 0 Å². The van der Waals surface area contributed by atoms with Crippen LogP contribution in [0.4, 0.5) is 0 Å². The van der Waals surface area contributed by atoms with E-state index in [-0.39, 0.29) is 0 Å². The molecule has 0 N–H and O–H groups in total. The lowest BCUT2D eigenvalue weighted by molar-refractivity contribution is 0.199. The molecular weight excluding hydrogens is 1060 g/mol. The largest absolute Gasteiger partial charge is 0.344 e. The Morgan fingerprint density at radius 3 is 0.787 bits per heavy atom. The topological polar surface area (TPSA) is 112 Å². The molecule has 0 aromatic heterocycles. The van der Waals surface area contributed by atoms with Gasteiger partial charge in [-0.25, -0.2) is 0 Å². The van der Waals surface area contributed by atoms with Crippen LogP contribution in [-0.2, 0) is 27.1 Å². The van der Waals surface area contributed by atoms with Gasteiger partial charge in [0.15, 0.2) is 0 Å². The van der Waals surface area contributed by atoms with Gasteiger partial charge in [0, 0.05) is 87.2 Å². The van der Waals surface area contributed by atoms with Gasteiger partial charge in [0.2, 0.25) is 17.9 Å². The minimum atomic E-state index is -1.56. The molecule has 18 heteroatoms. The Labute approximate surface area is 497 Å². The quantitative estimate of drug-likeness (QED) is 0.0427. The van der Waals surface area contributed by atoms with E-state index in [1.807, 2.05) is 0 Å². The summed E-state index contributed by atoms with van der Waals surface area (Å²) in [5.74, 6) is 2.99. The highest BCUT2D eigenvalue weighted by atomic mass is 31.2. The second kappa shape index (κ2) is 51.1. The molecule has 0 aromatic carbocycles. The Bertz CT molecular complexity index is 1530.